The van der Waals surface area contributed by atoms with E-state index in [4.69, 9.17) is 4.74 Å². The quantitative estimate of drug-likeness (QED) is 0.210. The normalized spacial score (nSPS) is 13.6. The van der Waals surface area contributed by atoms with Crippen molar-refractivity contribution in [2.24, 2.45) is 5.92 Å². The summed E-state index contributed by atoms with van der Waals surface area (Å²) in [4.78, 5) is 43.4. The average Bonchev–Trinajstić information content (AvgIpc) is 2.94. The predicted octanol–water partition coefficient (Wildman–Crippen LogP) is 8.09. The molecule has 3 aromatic carbocycles. The van der Waals surface area contributed by atoms with Gasteiger partial charge in [0, 0.05) is 12.2 Å². The molecule has 0 aliphatic carbocycles. The fraction of sp³-hybridized carbons (Fsp3) is 0.472. The van der Waals surface area contributed by atoms with E-state index in [0.29, 0.717) is 18.7 Å². The summed E-state index contributed by atoms with van der Waals surface area (Å²) >= 11 is 0. The van der Waals surface area contributed by atoms with Crippen LogP contribution >= 0.6 is 0 Å². The molecular formula is C36H49N3O4. The van der Waals surface area contributed by atoms with E-state index in [1.807, 2.05) is 88.4 Å². The fourth-order valence-corrected chi connectivity index (χ4v) is 5.26. The third-order valence-corrected chi connectivity index (χ3v) is 7.73. The molecule has 232 valence electrons. The van der Waals surface area contributed by atoms with Crippen LogP contribution in [0, 0.1) is 19.8 Å². The third kappa shape index (κ3) is 9.31. The van der Waals surface area contributed by atoms with Crippen LogP contribution in [0.25, 0.3) is 10.8 Å². The van der Waals surface area contributed by atoms with E-state index in [1.165, 1.54) is 0 Å². The number of hydrogen-bond donors (Lipinski definition) is 2. The summed E-state index contributed by atoms with van der Waals surface area (Å²) in [6.07, 6.45) is 2.61. The second kappa shape index (κ2) is 15.0. The first-order valence-electron chi connectivity index (χ1n) is 15.5. The Kier molecular flexibility index (Phi) is 11.8. The summed E-state index contributed by atoms with van der Waals surface area (Å²) < 4.78 is 5.53. The number of nitrogens with one attached hydrogen (secondary N) is 2. The molecule has 3 unspecified atom stereocenters. The summed E-state index contributed by atoms with van der Waals surface area (Å²) in [6, 6.07) is 18.0. The molecule has 3 amide bonds. The monoisotopic (exact) mass is 587 g/mol. The zero-order chi connectivity index (χ0) is 31.7. The van der Waals surface area contributed by atoms with Gasteiger partial charge in [0.25, 0.3) is 5.91 Å². The Hall–Kier alpha value is -3.87. The van der Waals surface area contributed by atoms with Crippen LogP contribution < -0.4 is 10.6 Å². The highest BCUT2D eigenvalue weighted by atomic mass is 16.6. The van der Waals surface area contributed by atoms with Gasteiger partial charge in [0.15, 0.2) is 0 Å². The molecule has 3 rings (SSSR count). The molecule has 0 bridgehead atoms. The molecule has 0 fully saturated rings. The van der Waals surface area contributed by atoms with Crippen LogP contribution in [-0.2, 0) is 14.3 Å². The van der Waals surface area contributed by atoms with E-state index >= 15 is 0 Å². The van der Waals surface area contributed by atoms with Crippen molar-refractivity contribution in [2.45, 2.75) is 98.8 Å². The lowest BCUT2D eigenvalue weighted by Crippen LogP contribution is -2.55. The minimum Gasteiger partial charge on any atom is -0.444 e. The van der Waals surface area contributed by atoms with Gasteiger partial charge >= 0.3 is 6.09 Å². The summed E-state index contributed by atoms with van der Waals surface area (Å²) in [5.74, 6) is -0.779. The van der Waals surface area contributed by atoms with Crippen molar-refractivity contribution in [3.05, 3.63) is 77.4 Å². The van der Waals surface area contributed by atoms with Crippen LogP contribution in [0.2, 0.25) is 0 Å². The Morgan fingerprint density at radius 1 is 0.907 bits per heavy atom. The first-order valence-corrected chi connectivity index (χ1v) is 15.5. The van der Waals surface area contributed by atoms with Gasteiger partial charge in [0.05, 0.1) is 0 Å². The van der Waals surface area contributed by atoms with Crippen LogP contribution in [0.3, 0.4) is 0 Å². The number of hydrogen-bond acceptors (Lipinski definition) is 4. The highest BCUT2D eigenvalue weighted by Crippen LogP contribution is 2.30. The Morgan fingerprint density at radius 2 is 1.60 bits per heavy atom. The fourth-order valence-electron chi connectivity index (χ4n) is 5.26. The van der Waals surface area contributed by atoms with Gasteiger partial charge in [0.2, 0.25) is 5.91 Å². The van der Waals surface area contributed by atoms with Crippen molar-refractivity contribution in [3.8, 4) is 0 Å². The van der Waals surface area contributed by atoms with E-state index in [9.17, 15) is 14.4 Å². The number of amides is 3. The van der Waals surface area contributed by atoms with E-state index in [0.717, 1.165) is 46.7 Å². The third-order valence-electron chi connectivity index (χ3n) is 7.73. The van der Waals surface area contributed by atoms with Crippen LogP contribution in [0.5, 0.6) is 0 Å². The van der Waals surface area contributed by atoms with Gasteiger partial charge in [-0.2, -0.15) is 0 Å². The van der Waals surface area contributed by atoms with E-state index in [1.54, 1.807) is 25.7 Å². The molecule has 0 aliphatic heterocycles. The average molecular weight is 588 g/mol. The topological polar surface area (TPSA) is 87.7 Å². The standard InChI is InChI=1S/C36H49N3O4/c1-9-11-14-21-39(34(41)31(25(4)10-2)38-35(42)43-36(6,7)8)32(30-20-17-24(3)22-26(30)5)33(40)37-29-19-18-27-15-12-13-16-28(27)23-29/h12-13,15-20,22-23,25,31-32H,9-11,14,21H2,1-8H3,(H,37,40)(H,38,42). The lowest BCUT2D eigenvalue weighted by Gasteiger charge is -2.36. The lowest BCUT2D eigenvalue weighted by molar-refractivity contribution is -0.142. The number of anilines is 1. The summed E-state index contributed by atoms with van der Waals surface area (Å²) in [7, 11) is 0. The first kappa shape index (κ1) is 33.6. The van der Waals surface area contributed by atoms with Gasteiger partial charge in [0.1, 0.15) is 17.7 Å². The number of carbonyl (C=O) groups excluding carboxylic acids is 3. The maximum atomic E-state index is 14.5. The van der Waals surface area contributed by atoms with Gasteiger partial charge in [-0.15, -0.1) is 0 Å². The molecule has 0 aliphatic rings. The van der Waals surface area contributed by atoms with Crippen molar-refractivity contribution in [1.82, 2.24) is 10.2 Å². The number of rotatable bonds is 12. The van der Waals surface area contributed by atoms with Crippen molar-refractivity contribution < 1.29 is 19.1 Å². The van der Waals surface area contributed by atoms with Gasteiger partial charge < -0.3 is 20.3 Å². The minimum absolute atomic E-state index is 0.183. The van der Waals surface area contributed by atoms with Crippen molar-refractivity contribution >= 4 is 34.4 Å². The number of carbonyl (C=O) groups is 3. The Bertz CT molecular complexity index is 1410. The number of fused-ring (bicyclic) bond motifs is 1. The zero-order valence-electron chi connectivity index (χ0n) is 27.1. The second-order valence-corrected chi connectivity index (χ2v) is 12.6. The van der Waals surface area contributed by atoms with Gasteiger partial charge in [-0.25, -0.2) is 4.79 Å². The maximum Gasteiger partial charge on any atom is 0.408 e. The number of unbranched alkanes of at least 4 members (excludes halogenated alkanes) is 2. The largest absolute Gasteiger partial charge is 0.444 e. The molecule has 43 heavy (non-hydrogen) atoms. The van der Waals surface area contributed by atoms with E-state index in [-0.39, 0.29) is 17.7 Å². The molecule has 7 nitrogen and oxygen atoms in total. The number of nitrogens with zero attached hydrogens (tertiary/aromatic N) is 1. The predicted molar refractivity (Wildman–Crippen MR) is 175 cm³/mol. The van der Waals surface area contributed by atoms with Gasteiger partial charge in [-0.3, -0.25) is 9.59 Å². The number of ether oxygens (including phenoxy) is 1. The van der Waals surface area contributed by atoms with Crippen molar-refractivity contribution in [3.63, 3.8) is 0 Å². The molecule has 0 radical (unpaired) electrons. The lowest BCUT2D eigenvalue weighted by atomic mass is 9.93. The molecule has 0 saturated carbocycles. The smallest absolute Gasteiger partial charge is 0.408 e. The second-order valence-electron chi connectivity index (χ2n) is 12.6. The molecule has 3 atom stereocenters. The Labute approximate surface area is 257 Å². The van der Waals surface area contributed by atoms with E-state index in [2.05, 4.69) is 17.6 Å². The Balaban J connectivity index is 2.08. The molecule has 0 spiro atoms. The van der Waals surface area contributed by atoms with Crippen LogP contribution in [0.1, 0.15) is 90.0 Å². The molecule has 0 aromatic heterocycles. The van der Waals surface area contributed by atoms with Gasteiger partial charge in [-0.05, 0) is 81.0 Å². The first-order chi connectivity index (χ1) is 20.3. The summed E-state index contributed by atoms with van der Waals surface area (Å²) in [6.45, 7) is 15.7. The van der Waals surface area contributed by atoms with Crippen LogP contribution in [-0.4, -0.2) is 41.0 Å². The van der Waals surface area contributed by atoms with Gasteiger partial charge in [-0.1, -0.05) is 94.1 Å². The molecule has 3 aromatic rings. The Morgan fingerprint density at radius 3 is 2.23 bits per heavy atom. The molecule has 0 heterocycles. The highest BCUT2D eigenvalue weighted by Gasteiger charge is 2.38. The van der Waals surface area contributed by atoms with E-state index < -0.39 is 23.8 Å². The minimum atomic E-state index is -0.900. The molecular weight excluding hydrogens is 538 g/mol. The van der Waals surface area contributed by atoms with Crippen LogP contribution in [0.15, 0.2) is 60.7 Å². The number of aryl methyl sites for hydroxylation is 2. The zero-order valence-corrected chi connectivity index (χ0v) is 27.1. The highest BCUT2D eigenvalue weighted by molar-refractivity contribution is 6.00. The SMILES string of the molecule is CCCCCN(C(=O)C(NC(=O)OC(C)(C)C)C(C)CC)C(C(=O)Nc1ccc2ccccc2c1)c1ccc(C)cc1C. The number of benzene rings is 3. The van der Waals surface area contributed by atoms with Crippen LogP contribution in [0.4, 0.5) is 10.5 Å². The summed E-state index contributed by atoms with van der Waals surface area (Å²) in [5, 5.41) is 8.05. The molecule has 0 saturated heterocycles. The van der Waals surface area contributed by atoms with Crippen molar-refractivity contribution in [2.75, 3.05) is 11.9 Å². The molecule has 2 N–H and O–H groups in total. The maximum absolute atomic E-state index is 14.5. The van der Waals surface area contributed by atoms with Crippen molar-refractivity contribution in [1.29, 1.82) is 0 Å². The summed E-state index contributed by atoms with van der Waals surface area (Å²) in [5.41, 5.74) is 2.70. The number of alkyl carbamates (subject to hydrolysis) is 1. The molecule has 7 heteroatoms.